The zero-order valence-electron chi connectivity index (χ0n) is 10.0. The van der Waals surface area contributed by atoms with Crippen molar-refractivity contribution in [2.75, 3.05) is 5.32 Å². The van der Waals surface area contributed by atoms with Crippen LogP contribution in [0.15, 0.2) is 45.1 Å². The first-order valence-corrected chi connectivity index (χ1v) is 7.29. The number of para-hydroxylation sites is 1. The van der Waals surface area contributed by atoms with Gasteiger partial charge in [0.05, 0.1) is 15.5 Å². The van der Waals surface area contributed by atoms with Crippen molar-refractivity contribution in [2.24, 2.45) is 0 Å². The summed E-state index contributed by atoms with van der Waals surface area (Å²) in [5.41, 5.74) is 0.648. The Balaban J connectivity index is 2.05. The highest BCUT2D eigenvalue weighted by atomic mass is 79.9. The Kier molecular flexibility index (Phi) is 3.37. The fourth-order valence-electron chi connectivity index (χ4n) is 1.87. The Bertz CT molecular complexity index is 856. The van der Waals surface area contributed by atoms with Gasteiger partial charge in [-0.1, -0.05) is 29.5 Å². The van der Waals surface area contributed by atoms with Gasteiger partial charge in [0.2, 0.25) is 5.56 Å². The number of aromatic amines is 1. The van der Waals surface area contributed by atoms with Crippen molar-refractivity contribution in [3.8, 4) is 0 Å². The van der Waals surface area contributed by atoms with Crippen LogP contribution < -0.4 is 10.9 Å². The third-order valence-electron chi connectivity index (χ3n) is 2.69. The van der Waals surface area contributed by atoms with Gasteiger partial charge in [-0.15, -0.1) is 0 Å². The summed E-state index contributed by atoms with van der Waals surface area (Å²) < 4.78 is 0.823. The van der Waals surface area contributed by atoms with Crippen LogP contribution in [0.4, 0.5) is 5.13 Å². The van der Waals surface area contributed by atoms with Gasteiger partial charge < -0.3 is 4.98 Å². The Labute approximate surface area is 125 Å². The normalized spacial score (nSPS) is 10.7. The molecule has 0 fully saturated rings. The summed E-state index contributed by atoms with van der Waals surface area (Å²) in [5, 5.41) is 3.86. The monoisotopic (exact) mass is 349 g/mol. The largest absolute Gasteiger partial charge is 0.322 e. The van der Waals surface area contributed by atoms with Gasteiger partial charge in [-0.2, -0.15) is 0 Å². The molecular formula is C13H8BrN3O2S. The number of carbonyl (C=O) groups excluding carboxylic acids is 1. The number of anilines is 1. The number of halogens is 1. The van der Waals surface area contributed by atoms with Gasteiger partial charge in [0.1, 0.15) is 0 Å². The zero-order valence-corrected chi connectivity index (χ0v) is 12.4. The summed E-state index contributed by atoms with van der Waals surface area (Å²) >= 11 is 4.59. The second-order valence-corrected chi connectivity index (χ2v) is 6.43. The smallest absolute Gasteiger partial charge is 0.258 e. The van der Waals surface area contributed by atoms with Crippen molar-refractivity contribution in [3.05, 3.63) is 56.2 Å². The van der Waals surface area contributed by atoms with E-state index in [-0.39, 0.29) is 11.5 Å². The average molecular weight is 350 g/mol. The Morgan fingerprint density at radius 1 is 1.35 bits per heavy atom. The van der Waals surface area contributed by atoms with Crippen LogP contribution >= 0.6 is 27.3 Å². The molecule has 0 radical (unpaired) electrons. The van der Waals surface area contributed by atoms with E-state index in [2.05, 4.69) is 31.2 Å². The second-order valence-electron chi connectivity index (χ2n) is 4.02. The molecule has 5 nitrogen and oxygen atoms in total. The summed E-state index contributed by atoms with van der Waals surface area (Å²) in [4.78, 5) is 30.6. The maximum Gasteiger partial charge on any atom is 0.258 e. The molecule has 0 bridgehead atoms. The molecule has 0 aliphatic rings. The molecule has 0 aliphatic heterocycles. The fourth-order valence-corrected chi connectivity index (χ4v) is 2.97. The van der Waals surface area contributed by atoms with Gasteiger partial charge >= 0.3 is 0 Å². The molecule has 3 aromatic rings. The number of carbonyl (C=O) groups is 1. The Hall–Kier alpha value is -1.99. The van der Waals surface area contributed by atoms with Crippen LogP contribution in [0, 0.1) is 0 Å². The number of amides is 1. The molecule has 20 heavy (non-hydrogen) atoms. The topological polar surface area (TPSA) is 74.8 Å². The van der Waals surface area contributed by atoms with Gasteiger partial charge in [-0.3, -0.25) is 14.9 Å². The first-order valence-electron chi connectivity index (χ1n) is 5.68. The van der Waals surface area contributed by atoms with Gasteiger partial charge in [0, 0.05) is 17.0 Å². The molecule has 0 saturated heterocycles. The number of H-pyrrole nitrogens is 1. The highest BCUT2D eigenvalue weighted by molar-refractivity contribution is 9.11. The summed E-state index contributed by atoms with van der Waals surface area (Å²) in [6.07, 6.45) is 1.61. The molecule has 2 aromatic heterocycles. The quantitative estimate of drug-likeness (QED) is 0.746. The predicted octanol–water partition coefficient (Wildman–Crippen LogP) is 3.00. The van der Waals surface area contributed by atoms with Crippen molar-refractivity contribution in [1.29, 1.82) is 0 Å². The van der Waals surface area contributed by atoms with Crippen molar-refractivity contribution < 1.29 is 4.79 Å². The number of rotatable bonds is 2. The van der Waals surface area contributed by atoms with Crippen LogP contribution in [0.2, 0.25) is 0 Å². The fraction of sp³-hybridized carbons (Fsp3) is 0. The molecular weight excluding hydrogens is 342 g/mol. The average Bonchev–Trinajstić information content (AvgIpc) is 2.83. The third-order valence-corrected chi connectivity index (χ3v) is 4.08. The standard InChI is InChI=1S/C13H8BrN3O2S/c14-10-6-15-13(20-10)17-12(19)8-5-11(18)16-9-4-2-1-3-7(8)9/h1-6H,(H,16,18)(H,15,17,19). The van der Waals surface area contributed by atoms with Crippen LogP contribution in [0.1, 0.15) is 10.4 Å². The molecule has 2 N–H and O–H groups in total. The molecule has 0 unspecified atom stereocenters. The number of nitrogens with one attached hydrogen (secondary N) is 2. The van der Waals surface area contributed by atoms with Gasteiger partial charge in [0.25, 0.3) is 5.91 Å². The number of fused-ring (bicyclic) bond motifs is 1. The lowest BCUT2D eigenvalue weighted by atomic mass is 10.1. The van der Waals surface area contributed by atoms with E-state index in [9.17, 15) is 9.59 Å². The maximum atomic E-state index is 12.3. The van der Waals surface area contributed by atoms with Crippen LogP contribution in [-0.2, 0) is 0 Å². The van der Waals surface area contributed by atoms with E-state index in [4.69, 9.17) is 0 Å². The highest BCUT2D eigenvalue weighted by Crippen LogP contribution is 2.24. The van der Waals surface area contributed by atoms with E-state index in [1.165, 1.54) is 17.4 Å². The molecule has 100 valence electrons. The van der Waals surface area contributed by atoms with Gasteiger partial charge in [0.15, 0.2) is 5.13 Å². The van der Waals surface area contributed by atoms with Crippen molar-refractivity contribution in [2.45, 2.75) is 0 Å². The number of benzene rings is 1. The SMILES string of the molecule is O=C(Nc1ncc(Br)s1)c1cc(=O)[nH]c2ccccc12. The minimum atomic E-state index is -0.353. The summed E-state index contributed by atoms with van der Waals surface area (Å²) in [5.74, 6) is -0.353. The van der Waals surface area contributed by atoms with Crippen LogP contribution in [0.25, 0.3) is 10.9 Å². The molecule has 3 rings (SSSR count). The van der Waals surface area contributed by atoms with E-state index < -0.39 is 0 Å². The van der Waals surface area contributed by atoms with Crippen molar-refractivity contribution in [3.63, 3.8) is 0 Å². The predicted molar refractivity (Wildman–Crippen MR) is 82.3 cm³/mol. The molecule has 0 aliphatic carbocycles. The van der Waals surface area contributed by atoms with Crippen LogP contribution in [0.5, 0.6) is 0 Å². The van der Waals surface area contributed by atoms with E-state index in [1.807, 2.05) is 6.07 Å². The molecule has 1 aromatic carbocycles. The first-order chi connectivity index (χ1) is 9.63. The lowest BCUT2D eigenvalue weighted by Crippen LogP contribution is -2.16. The summed E-state index contributed by atoms with van der Waals surface area (Å²) in [7, 11) is 0. The highest BCUT2D eigenvalue weighted by Gasteiger charge is 2.13. The van der Waals surface area contributed by atoms with E-state index in [0.29, 0.717) is 21.6 Å². The first kappa shape index (κ1) is 13.0. The number of thiazole rings is 1. The maximum absolute atomic E-state index is 12.3. The minimum absolute atomic E-state index is 0.311. The number of hydrogen-bond donors (Lipinski definition) is 2. The van der Waals surface area contributed by atoms with Crippen LogP contribution in [0.3, 0.4) is 0 Å². The Morgan fingerprint density at radius 3 is 2.90 bits per heavy atom. The number of hydrogen-bond acceptors (Lipinski definition) is 4. The number of aromatic nitrogens is 2. The van der Waals surface area contributed by atoms with E-state index in [0.717, 1.165) is 3.79 Å². The van der Waals surface area contributed by atoms with E-state index in [1.54, 1.807) is 24.4 Å². The van der Waals surface area contributed by atoms with Crippen molar-refractivity contribution in [1.82, 2.24) is 9.97 Å². The van der Waals surface area contributed by atoms with Crippen LogP contribution in [-0.4, -0.2) is 15.9 Å². The zero-order chi connectivity index (χ0) is 14.1. The second kappa shape index (κ2) is 5.18. The number of pyridine rings is 1. The molecule has 2 heterocycles. The van der Waals surface area contributed by atoms with Crippen molar-refractivity contribution >= 4 is 49.2 Å². The Morgan fingerprint density at radius 2 is 2.15 bits per heavy atom. The molecule has 0 spiro atoms. The molecule has 0 atom stereocenters. The minimum Gasteiger partial charge on any atom is -0.322 e. The lowest BCUT2D eigenvalue weighted by Gasteiger charge is -2.05. The number of nitrogens with zero attached hydrogens (tertiary/aromatic N) is 1. The van der Waals surface area contributed by atoms with E-state index >= 15 is 0 Å². The van der Waals surface area contributed by atoms with Gasteiger partial charge in [-0.25, -0.2) is 4.98 Å². The molecule has 1 amide bonds. The molecule has 0 saturated carbocycles. The lowest BCUT2D eigenvalue weighted by molar-refractivity contribution is 0.102. The summed E-state index contributed by atoms with van der Waals surface area (Å²) in [6.45, 7) is 0. The molecule has 7 heteroatoms. The third kappa shape index (κ3) is 2.50. The summed E-state index contributed by atoms with van der Waals surface area (Å²) in [6, 6.07) is 8.46. The van der Waals surface area contributed by atoms with Gasteiger partial charge in [-0.05, 0) is 22.0 Å².